The number of nitro benzene ring substituents is 1. The molecule has 2 heterocycles. The van der Waals surface area contributed by atoms with Crippen LogP contribution in [0.4, 0.5) is 11.4 Å². The van der Waals surface area contributed by atoms with E-state index in [4.69, 9.17) is 21.1 Å². The van der Waals surface area contributed by atoms with Crippen LogP contribution in [0.5, 0.6) is 0 Å². The molecule has 31 heavy (non-hydrogen) atoms. The Kier molecular flexibility index (Phi) is 5.90. The van der Waals surface area contributed by atoms with E-state index in [0.29, 0.717) is 50.4 Å². The number of rotatable bonds is 4. The molecule has 1 spiro atoms. The molecule has 2 aliphatic heterocycles. The maximum Gasteiger partial charge on any atom is 0.270 e. The molecular formula is C21H20ClN3O6. The highest BCUT2D eigenvalue weighted by molar-refractivity contribution is 6.34. The van der Waals surface area contributed by atoms with E-state index in [2.05, 4.69) is 5.32 Å². The molecule has 0 unspecified atom stereocenters. The van der Waals surface area contributed by atoms with Gasteiger partial charge in [-0.2, -0.15) is 0 Å². The number of carbonyl (C=O) groups is 2. The molecule has 0 atom stereocenters. The van der Waals surface area contributed by atoms with Crippen LogP contribution < -0.4 is 5.32 Å². The Morgan fingerprint density at radius 3 is 2.39 bits per heavy atom. The molecule has 2 aliphatic rings. The van der Waals surface area contributed by atoms with Gasteiger partial charge >= 0.3 is 0 Å². The van der Waals surface area contributed by atoms with E-state index >= 15 is 0 Å². The van der Waals surface area contributed by atoms with E-state index in [1.54, 1.807) is 29.2 Å². The molecule has 2 aromatic rings. The van der Waals surface area contributed by atoms with Crippen LogP contribution in [-0.2, 0) is 9.47 Å². The zero-order valence-electron chi connectivity index (χ0n) is 16.5. The summed E-state index contributed by atoms with van der Waals surface area (Å²) in [5.41, 5.74) is 0.541. The molecule has 1 N–H and O–H groups in total. The minimum atomic E-state index is -0.591. The van der Waals surface area contributed by atoms with Crippen LogP contribution >= 0.6 is 11.6 Å². The minimum Gasteiger partial charge on any atom is -0.347 e. The molecule has 2 aromatic carbocycles. The van der Waals surface area contributed by atoms with Gasteiger partial charge in [0.15, 0.2) is 5.79 Å². The molecule has 162 valence electrons. The first-order chi connectivity index (χ1) is 14.9. The second-order valence-corrected chi connectivity index (χ2v) is 7.73. The highest BCUT2D eigenvalue weighted by Gasteiger charge is 2.41. The maximum atomic E-state index is 13.1. The minimum absolute atomic E-state index is 0.0478. The first-order valence-corrected chi connectivity index (χ1v) is 10.2. The van der Waals surface area contributed by atoms with Gasteiger partial charge in [0.1, 0.15) is 0 Å². The number of nitrogens with one attached hydrogen (secondary N) is 1. The molecular weight excluding hydrogens is 426 g/mol. The molecule has 9 nitrogen and oxygen atoms in total. The van der Waals surface area contributed by atoms with E-state index < -0.39 is 16.6 Å². The summed E-state index contributed by atoms with van der Waals surface area (Å²) < 4.78 is 11.4. The quantitative estimate of drug-likeness (QED) is 0.569. The molecule has 2 saturated heterocycles. The SMILES string of the molecule is O=C(Nc1ccccc1C(=O)N1CCC2(CC1)OCCO2)c1ccc([N+](=O)[O-])cc1Cl. The van der Waals surface area contributed by atoms with Crippen molar-refractivity contribution in [3.8, 4) is 0 Å². The third kappa shape index (κ3) is 4.39. The van der Waals surface area contributed by atoms with Crippen molar-refractivity contribution in [3.63, 3.8) is 0 Å². The van der Waals surface area contributed by atoms with Crippen LogP contribution in [0.3, 0.4) is 0 Å². The molecule has 0 aliphatic carbocycles. The lowest BCUT2D eigenvalue weighted by Crippen LogP contribution is -2.47. The lowest BCUT2D eigenvalue weighted by Gasteiger charge is -2.37. The van der Waals surface area contributed by atoms with Crippen molar-refractivity contribution in [2.75, 3.05) is 31.6 Å². The summed E-state index contributed by atoms with van der Waals surface area (Å²) in [6.07, 6.45) is 1.18. The fraction of sp³-hybridized carbons (Fsp3) is 0.333. The molecule has 4 rings (SSSR count). The number of para-hydroxylation sites is 1. The number of likely N-dealkylation sites (tertiary alicyclic amines) is 1. The van der Waals surface area contributed by atoms with Gasteiger partial charge < -0.3 is 19.7 Å². The Hall–Kier alpha value is -3.01. The number of hydrogen-bond donors (Lipinski definition) is 1. The molecule has 10 heteroatoms. The Morgan fingerprint density at radius 1 is 1.06 bits per heavy atom. The van der Waals surface area contributed by atoms with Crippen LogP contribution in [0.1, 0.15) is 33.6 Å². The van der Waals surface area contributed by atoms with Gasteiger partial charge in [0.2, 0.25) is 0 Å². The van der Waals surface area contributed by atoms with Crippen molar-refractivity contribution in [1.29, 1.82) is 0 Å². The molecule has 0 aromatic heterocycles. The Labute approximate surface area is 183 Å². The van der Waals surface area contributed by atoms with Crippen LogP contribution in [-0.4, -0.2) is 53.7 Å². The third-order valence-electron chi connectivity index (χ3n) is 5.44. The van der Waals surface area contributed by atoms with Crippen molar-refractivity contribution in [2.45, 2.75) is 18.6 Å². The summed E-state index contributed by atoms with van der Waals surface area (Å²) in [5, 5.41) is 13.5. The molecule has 2 amide bonds. The van der Waals surface area contributed by atoms with Crippen molar-refractivity contribution >= 4 is 34.8 Å². The average Bonchev–Trinajstić information content (AvgIpc) is 3.22. The number of amides is 2. The zero-order chi connectivity index (χ0) is 22.0. The van der Waals surface area contributed by atoms with Gasteiger partial charge in [0, 0.05) is 38.1 Å². The number of benzene rings is 2. The number of ether oxygens (including phenoxy) is 2. The Morgan fingerprint density at radius 2 is 1.74 bits per heavy atom. The van der Waals surface area contributed by atoms with Gasteiger partial charge in [-0.1, -0.05) is 23.7 Å². The number of non-ortho nitro benzene ring substituents is 1. The number of nitrogens with zero attached hydrogens (tertiary/aromatic N) is 2. The zero-order valence-corrected chi connectivity index (χ0v) is 17.3. The first-order valence-electron chi connectivity index (χ1n) is 9.80. The summed E-state index contributed by atoms with van der Waals surface area (Å²) in [7, 11) is 0. The van der Waals surface area contributed by atoms with E-state index in [9.17, 15) is 19.7 Å². The number of hydrogen-bond acceptors (Lipinski definition) is 6. The van der Waals surface area contributed by atoms with Crippen LogP contribution in [0, 0.1) is 10.1 Å². The predicted molar refractivity (Wildman–Crippen MR) is 112 cm³/mol. The van der Waals surface area contributed by atoms with Crippen LogP contribution in [0.25, 0.3) is 0 Å². The highest BCUT2D eigenvalue weighted by Crippen LogP contribution is 2.32. The topological polar surface area (TPSA) is 111 Å². The van der Waals surface area contributed by atoms with Crippen molar-refractivity contribution in [2.24, 2.45) is 0 Å². The van der Waals surface area contributed by atoms with Gasteiger partial charge in [-0.3, -0.25) is 19.7 Å². The Bertz CT molecular complexity index is 1030. The largest absolute Gasteiger partial charge is 0.347 e. The van der Waals surface area contributed by atoms with Gasteiger partial charge in [-0.15, -0.1) is 0 Å². The fourth-order valence-corrected chi connectivity index (χ4v) is 4.04. The lowest BCUT2D eigenvalue weighted by molar-refractivity contribution is -0.384. The summed E-state index contributed by atoms with van der Waals surface area (Å²) >= 11 is 6.05. The number of halogens is 1. The average molecular weight is 446 g/mol. The second kappa shape index (κ2) is 8.62. The molecule has 2 fully saturated rings. The fourth-order valence-electron chi connectivity index (χ4n) is 3.78. The maximum absolute atomic E-state index is 13.1. The summed E-state index contributed by atoms with van der Waals surface area (Å²) in [6.45, 7) is 2.09. The van der Waals surface area contributed by atoms with Crippen molar-refractivity contribution in [3.05, 3.63) is 68.7 Å². The van der Waals surface area contributed by atoms with Gasteiger partial charge in [-0.25, -0.2) is 0 Å². The first kappa shape index (κ1) is 21.2. The number of carbonyl (C=O) groups excluding carboxylic acids is 2. The summed E-state index contributed by atoms with van der Waals surface area (Å²) in [4.78, 5) is 37.8. The number of piperidine rings is 1. The smallest absolute Gasteiger partial charge is 0.270 e. The Balaban J connectivity index is 1.49. The monoisotopic (exact) mass is 445 g/mol. The van der Waals surface area contributed by atoms with E-state index in [1.807, 2.05) is 0 Å². The standard InChI is InChI=1S/C21H20ClN3O6/c22-17-13-14(25(28)29)5-6-15(17)19(26)23-18-4-2-1-3-16(18)20(27)24-9-7-21(8-10-24)30-11-12-31-21/h1-6,13H,7-12H2,(H,23,26). The van der Waals surface area contributed by atoms with E-state index in [0.717, 1.165) is 6.07 Å². The lowest BCUT2D eigenvalue weighted by atomic mass is 10.0. The van der Waals surface area contributed by atoms with Gasteiger partial charge in [0.25, 0.3) is 17.5 Å². The second-order valence-electron chi connectivity index (χ2n) is 7.32. The van der Waals surface area contributed by atoms with Gasteiger partial charge in [-0.05, 0) is 18.2 Å². The van der Waals surface area contributed by atoms with Gasteiger partial charge in [0.05, 0.1) is 40.0 Å². The number of anilines is 1. The molecule has 0 saturated carbocycles. The van der Waals surface area contributed by atoms with Crippen LogP contribution in [0.15, 0.2) is 42.5 Å². The third-order valence-corrected chi connectivity index (χ3v) is 5.75. The number of nitro groups is 1. The van der Waals surface area contributed by atoms with Crippen molar-refractivity contribution < 1.29 is 24.0 Å². The normalized spacial score (nSPS) is 17.5. The van der Waals surface area contributed by atoms with E-state index in [1.165, 1.54) is 12.1 Å². The predicted octanol–water partition coefficient (Wildman–Crippen LogP) is 3.48. The highest BCUT2D eigenvalue weighted by atomic mass is 35.5. The van der Waals surface area contributed by atoms with Crippen LogP contribution in [0.2, 0.25) is 5.02 Å². The summed E-state index contributed by atoms with van der Waals surface area (Å²) in [6, 6.07) is 10.3. The molecule has 0 radical (unpaired) electrons. The molecule has 0 bridgehead atoms. The van der Waals surface area contributed by atoms with E-state index in [-0.39, 0.29) is 22.2 Å². The summed E-state index contributed by atoms with van der Waals surface area (Å²) in [5.74, 6) is -1.36. The van der Waals surface area contributed by atoms with Crippen molar-refractivity contribution in [1.82, 2.24) is 4.90 Å².